The Bertz CT molecular complexity index is 42.6. The molecular formula is C6H14N. The average Bonchev–Trinajstić information content (AvgIpc) is 1.30. The summed E-state index contributed by atoms with van der Waals surface area (Å²) in [6.07, 6.45) is 0.993. The summed E-state index contributed by atoms with van der Waals surface area (Å²) in [6.45, 7) is 8.20. The van der Waals surface area contributed by atoms with Crippen molar-refractivity contribution in [1.29, 1.82) is 0 Å². The molecule has 0 bridgehead atoms. The van der Waals surface area contributed by atoms with Crippen LogP contribution in [0, 0.1) is 12.0 Å². The van der Waals surface area contributed by atoms with Gasteiger partial charge in [-0.1, -0.05) is 20.8 Å². The van der Waals surface area contributed by atoms with E-state index in [0.717, 1.165) is 6.42 Å². The van der Waals surface area contributed by atoms with E-state index >= 15 is 0 Å². The molecule has 0 aliphatic rings. The summed E-state index contributed by atoms with van der Waals surface area (Å²) in [5.74, 6) is 0. The monoisotopic (exact) mass is 100 g/mol. The van der Waals surface area contributed by atoms with Crippen LogP contribution in [0.2, 0.25) is 0 Å². The molecule has 0 saturated carbocycles. The molecule has 0 saturated heterocycles. The third-order valence-electron chi connectivity index (χ3n) is 0.730. The first-order valence-corrected chi connectivity index (χ1v) is 2.60. The third kappa shape index (κ3) is 5.96. The maximum atomic E-state index is 5.19. The van der Waals surface area contributed by atoms with Crippen molar-refractivity contribution in [3.8, 4) is 0 Å². The lowest BCUT2D eigenvalue weighted by Gasteiger charge is -2.14. The molecule has 0 spiro atoms. The summed E-state index contributed by atoms with van der Waals surface area (Å²) < 4.78 is 0. The van der Waals surface area contributed by atoms with Gasteiger partial charge in [0, 0.05) is 6.54 Å². The molecule has 0 aromatic heterocycles. The van der Waals surface area contributed by atoms with Crippen molar-refractivity contribution in [3.05, 3.63) is 6.54 Å². The molecule has 0 fully saturated rings. The molecule has 0 aromatic rings. The number of hydrogen-bond acceptors (Lipinski definition) is 1. The molecule has 1 heteroatoms. The third-order valence-corrected chi connectivity index (χ3v) is 0.730. The van der Waals surface area contributed by atoms with Crippen molar-refractivity contribution in [3.63, 3.8) is 0 Å². The molecule has 43 valence electrons. The second-order valence-electron chi connectivity index (χ2n) is 3.00. The molecule has 0 heterocycles. The van der Waals surface area contributed by atoms with Crippen molar-refractivity contribution >= 4 is 0 Å². The fourth-order valence-electron chi connectivity index (χ4n) is 0.354. The van der Waals surface area contributed by atoms with Crippen molar-refractivity contribution in [2.24, 2.45) is 11.1 Å². The van der Waals surface area contributed by atoms with Gasteiger partial charge in [0.05, 0.1) is 0 Å². The largest absolute Gasteiger partial charge is 0.326 e. The lowest BCUT2D eigenvalue weighted by atomic mass is 9.93. The Kier molecular flexibility index (Phi) is 2.30. The zero-order valence-electron chi connectivity index (χ0n) is 5.36. The van der Waals surface area contributed by atoms with Crippen LogP contribution >= 0.6 is 0 Å². The van der Waals surface area contributed by atoms with E-state index in [1.807, 2.05) is 0 Å². The minimum absolute atomic E-state index is 0.370. The zero-order chi connectivity index (χ0) is 5.91. The van der Waals surface area contributed by atoms with Crippen LogP contribution in [0.1, 0.15) is 27.2 Å². The topological polar surface area (TPSA) is 26.0 Å². The lowest BCUT2D eigenvalue weighted by Crippen LogP contribution is -2.07. The average molecular weight is 100 g/mol. The first-order valence-electron chi connectivity index (χ1n) is 2.60. The number of nitrogens with two attached hydrogens (primary N) is 1. The van der Waals surface area contributed by atoms with Gasteiger partial charge in [0.15, 0.2) is 0 Å². The highest BCUT2D eigenvalue weighted by Gasteiger charge is 2.06. The van der Waals surface area contributed by atoms with Gasteiger partial charge in [0.25, 0.3) is 0 Å². The van der Waals surface area contributed by atoms with E-state index in [4.69, 9.17) is 5.73 Å². The van der Waals surface area contributed by atoms with Gasteiger partial charge in [0.2, 0.25) is 0 Å². The van der Waals surface area contributed by atoms with Crippen molar-refractivity contribution < 1.29 is 0 Å². The Morgan fingerprint density at radius 2 is 1.86 bits per heavy atom. The van der Waals surface area contributed by atoms with Gasteiger partial charge in [-0.3, -0.25) is 0 Å². The van der Waals surface area contributed by atoms with Crippen molar-refractivity contribution in [2.75, 3.05) is 0 Å². The van der Waals surface area contributed by atoms with Crippen LogP contribution in [0.4, 0.5) is 0 Å². The van der Waals surface area contributed by atoms with Gasteiger partial charge in [-0.05, 0) is 11.8 Å². The van der Waals surface area contributed by atoms with E-state index in [2.05, 4.69) is 20.8 Å². The van der Waals surface area contributed by atoms with E-state index in [-0.39, 0.29) is 0 Å². The van der Waals surface area contributed by atoms with Gasteiger partial charge < -0.3 is 5.73 Å². The Hall–Kier alpha value is -0.0400. The normalized spacial score (nSPS) is 12.0. The zero-order valence-corrected chi connectivity index (χ0v) is 5.36. The van der Waals surface area contributed by atoms with E-state index in [1.54, 1.807) is 6.54 Å². The first-order chi connectivity index (χ1) is 3.06. The minimum atomic E-state index is 0.370. The van der Waals surface area contributed by atoms with Crippen LogP contribution in [-0.4, -0.2) is 0 Å². The molecule has 0 rings (SSSR count). The molecule has 7 heavy (non-hydrogen) atoms. The molecule has 0 amide bonds. The van der Waals surface area contributed by atoms with Gasteiger partial charge in [0.1, 0.15) is 0 Å². The van der Waals surface area contributed by atoms with Crippen LogP contribution in [0.25, 0.3) is 0 Å². The molecule has 0 atom stereocenters. The van der Waals surface area contributed by atoms with Crippen LogP contribution in [-0.2, 0) is 0 Å². The van der Waals surface area contributed by atoms with E-state index in [0.29, 0.717) is 5.41 Å². The van der Waals surface area contributed by atoms with Crippen LogP contribution in [0.3, 0.4) is 0 Å². The number of hydrogen-bond donors (Lipinski definition) is 1. The van der Waals surface area contributed by atoms with E-state index in [9.17, 15) is 0 Å². The molecule has 0 aromatic carbocycles. The first kappa shape index (κ1) is 6.96. The van der Waals surface area contributed by atoms with Crippen molar-refractivity contribution in [2.45, 2.75) is 27.2 Å². The predicted octanol–water partition coefficient (Wildman–Crippen LogP) is 1.54. The number of rotatable bonds is 1. The summed E-state index contributed by atoms with van der Waals surface area (Å²) in [6, 6.07) is 0. The molecule has 0 aliphatic heterocycles. The summed E-state index contributed by atoms with van der Waals surface area (Å²) >= 11 is 0. The van der Waals surface area contributed by atoms with Crippen LogP contribution in [0.5, 0.6) is 0 Å². The Labute approximate surface area is 45.9 Å². The highest BCUT2D eigenvalue weighted by molar-refractivity contribution is 4.67. The van der Waals surface area contributed by atoms with Gasteiger partial charge >= 0.3 is 0 Å². The summed E-state index contributed by atoms with van der Waals surface area (Å²) in [5, 5.41) is 0. The smallest absolute Gasteiger partial charge is 0.0197 e. The second-order valence-corrected chi connectivity index (χ2v) is 3.00. The molecule has 0 aliphatic carbocycles. The molecule has 1 nitrogen and oxygen atoms in total. The maximum Gasteiger partial charge on any atom is 0.0197 e. The Morgan fingerprint density at radius 3 is 1.86 bits per heavy atom. The second kappa shape index (κ2) is 2.31. The van der Waals surface area contributed by atoms with Crippen molar-refractivity contribution in [1.82, 2.24) is 0 Å². The van der Waals surface area contributed by atoms with E-state index < -0.39 is 0 Å². The minimum Gasteiger partial charge on any atom is -0.326 e. The van der Waals surface area contributed by atoms with E-state index in [1.165, 1.54) is 0 Å². The van der Waals surface area contributed by atoms with Crippen LogP contribution < -0.4 is 5.73 Å². The Balaban J connectivity index is 3.15. The lowest BCUT2D eigenvalue weighted by molar-refractivity contribution is 0.405. The molecule has 1 radical (unpaired) electrons. The van der Waals surface area contributed by atoms with Gasteiger partial charge in [-0.2, -0.15) is 0 Å². The SMILES string of the molecule is CC(C)(C)C[CH]N. The molecule has 0 unspecified atom stereocenters. The van der Waals surface area contributed by atoms with Gasteiger partial charge in [-0.25, -0.2) is 0 Å². The fourth-order valence-corrected chi connectivity index (χ4v) is 0.354. The standard InChI is InChI=1S/C6H14N/c1-6(2,3)4-5-7/h5H,4,7H2,1-3H3. The quantitative estimate of drug-likeness (QED) is 0.531. The molecule has 2 N–H and O–H groups in total. The van der Waals surface area contributed by atoms with Gasteiger partial charge in [-0.15, -0.1) is 0 Å². The fraction of sp³-hybridized carbons (Fsp3) is 0.833. The Morgan fingerprint density at radius 1 is 1.43 bits per heavy atom. The highest BCUT2D eigenvalue weighted by atomic mass is 14.5. The molecular weight excluding hydrogens is 86.1 g/mol. The highest BCUT2D eigenvalue weighted by Crippen LogP contribution is 2.17. The summed E-state index contributed by atoms with van der Waals surface area (Å²) in [7, 11) is 0. The van der Waals surface area contributed by atoms with Crippen LogP contribution in [0.15, 0.2) is 0 Å². The summed E-state index contributed by atoms with van der Waals surface area (Å²) in [4.78, 5) is 0. The predicted molar refractivity (Wildman–Crippen MR) is 32.6 cm³/mol. The maximum absolute atomic E-state index is 5.19. The summed E-state index contributed by atoms with van der Waals surface area (Å²) in [5.41, 5.74) is 5.56.